The predicted molar refractivity (Wildman–Crippen MR) is 74.7 cm³/mol. The van der Waals surface area contributed by atoms with Gasteiger partial charge in [0, 0.05) is 16.8 Å². The minimum atomic E-state index is 0.547. The number of aryl methyl sites for hydroxylation is 2. The van der Waals surface area contributed by atoms with E-state index in [0.29, 0.717) is 5.15 Å². The molecular weight excluding hydrogens is 250 g/mol. The van der Waals surface area contributed by atoms with Crippen LogP contribution in [0, 0.1) is 13.8 Å². The third-order valence-corrected chi connectivity index (χ3v) is 3.98. The van der Waals surface area contributed by atoms with Crippen LogP contribution in [0.2, 0.25) is 5.15 Å². The molecule has 0 aliphatic heterocycles. The number of rotatable bonds is 3. The molecule has 1 aromatic heterocycles. The summed E-state index contributed by atoms with van der Waals surface area (Å²) >= 11 is 7.59. The summed E-state index contributed by atoms with van der Waals surface area (Å²) in [6, 6.07) is 10.4. The fourth-order valence-corrected chi connectivity index (χ4v) is 2.69. The molecule has 0 aliphatic carbocycles. The molecule has 0 aliphatic rings. The van der Waals surface area contributed by atoms with Crippen LogP contribution in [-0.2, 0) is 5.75 Å². The van der Waals surface area contributed by atoms with E-state index in [1.807, 2.05) is 30.1 Å². The molecule has 0 fully saturated rings. The maximum Gasteiger partial charge on any atom is 0.129 e. The van der Waals surface area contributed by atoms with E-state index in [1.165, 1.54) is 21.6 Å². The number of pyridine rings is 1. The summed E-state index contributed by atoms with van der Waals surface area (Å²) in [5.41, 5.74) is 3.81. The molecule has 0 amide bonds. The fraction of sp³-hybridized carbons (Fsp3) is 0.214. The summed E-state index contributed by atoms with van der Waals surface area (Å²) < 4.78 is 0. The highest BCUT2D eigenvalue weighted by atomic mass is 35.5. The number of thioether (sulfide) groups is 1. The van der Waals surface area contributed by atoms with E-state index in [4.69, 9.17) is 11.6 Å². The largest absolute Gasteiger partial charge is 0.244 e. The summed E-state index contributed by atoms with van der Waals surface area (Å²) in [6.07, 6.45) is 1.83. The first-order valence-electron chi connectivity index (χ1n) is 5.45. The molecule has 1 heterocycles. The molecule has 88 valence electrons. The Bertz CT molecular complexity index is 508. The van der Waals surface area contributed by atoms with Crippen molar-refractivity contribution in [1.29, 1.82) is 0 Å². The van der Waals surface area contributed by atoms with E-state index in [9.17, 15) is 0 Å². The Morgan fingerprint density at radius 2 is 2.00 bits per heavy atom. The van der Waals surface area contributed by atoms with Gasteiger partial charge in [0.2, 0.25) is 0 Å². The molecule has 0 saturated carbocycles. The molecule has 0 radical (unpaired) electrons. The van der Waals surface area contributed by atoms with Crippen LogP contribution in [0.3, 0.4) is 0 Å². The van der Waals surface area contributed by atoms with Gasteiger partial charge in [-0.25, -0.2) is 4.98 Å². The molecule has 2 aromatic rings. The summed E-state index contributed by atoms with van der Waals surface area (Å²) in [5.74, 6) is 0.925. The van der Waals surface area contributed by atoms with Gasteiger partial charge in [-0.1, -0.05) is 35.4 Å². The van der Waals surface area contributed by atoms with Crippen molar-refractivity contribution in [3.63, 3.8) is 0 Å². The lowest BCUT2D eigenvalue weighted by atomic mass is 10.2. The highest BCUT2D eigenvalue weighted by molar-refractivity contribution is 7.98. The van der Waals surface area contributed by atoms with Crippen molar-refractivity contribution in [3.05, 3.63) is 58.4 Å². The second-order valence-electron chi connectivity index (χ2n) is 4.05. The normalized spacial score (nSPS) is 10.5. The number of halogens is 1. The fourth-order valence-electron chi connectivity index (χ4n) is 1.52. The molecule has 0 saturated heterocycles. The highest BCUT2D eigenvalue weighted by Crippen LogP contribution is 2.26. The van der Waals surface area contributed by atoms with Crippen molar-refractivity contribution in [1.82, 2.24) is 4.98 Å². The number of aromatic nitrogens is 1. The Morgan fingerprint density at radius 3 is 2.71 bits per heavy atom. The first-order chi connectivity index (χ1) is 8.15. The van der Waals surface area contributed by atoms with E-state index < -0.39 is 0 Å². The Labute approximate surface area is 111 Å². The molecule has 0 N–H and O–H groups in total. The second kappa shape index (κ2) is 5.56. The third-order valence-electron chi connectivity index (χ3n) is 2.53. The molecule has 2 rings (SSSR count). The average molecular weight is 264 g/mol. The molecule has 17 heavy (non-hydrogen) atoms. The van der Waals surface area contributed by atoms with Crippen molar-refractivity contribution < 1.29 is 0 Å². The lowest BCUT2D eigenvalue weighted by Gasteiger charge is -2.06. The maximum atomic E-state index is 5.76. The zero-order valence-electron chi connectivity index (χ0n) is 9.90. The van der Waals surface area contributed by atoms with Gasteiger partial charge in [0.05, 0.1) is 0 Å². The van der Waals surface area contributed by atoms with Crippen LogP contribution in [0.15, 0.2) is 41.4 Å². The lowest BCUT2D eigenvalue weighted by molar-refractivity contribution is 1.23. The van der Waals surface area contributed by atoms with Gasteiger partial charge < -0.3 is 0 Å². The summed E-state index contributed by atoms with van der Waals surface area (Å²) in [6.45, 7) is 4.26. The molecular formula is C14H14ClNS. The smallest absolute Gasteiger partial charge is 0.129 e. The van der Waals surface area contributed by atoms with Gasteiger partial charge >= 0.3 is 0 Å². The molecule has 3 heteroatoms. The van der Waals surface area contributed by atoms with Gasteiger partial charge in [-0.2, -0.15) is 0 Å². The van der Waals surface area contributed by atoms with Crippen molar-refractivity contribution in [2.45, 2.75) is 24.5 Å². The van der Waals surface area contributed by atoms with Crippen LogP contribution in [0.5, 0.6) is 0 Å². The van der Waals surface area contributed by atoms with Crippen molar-refractivity contribution in [3.8, 4) is 0 Å². The molecule has 1 aromatic carbocycles. The quantitative estimate of drug-likeness (QED) is 0.591. The number of nitrogens with zero attached hydrogens (tertiary/aromatic N) is 1. The summed E-state index contributed by atoms with van der Waals surface area (Å²) in [4.78, 5) is 5.42. The van der Waals surface area contributed by atoms with Gasteiger partial charge in [0.1, 0.15) is 5.15 Å². The molecule has 0 bridgehead atoms. The predicted octanol–water partition coefficient (Wildman–Crippen LogP) is 4.64. The Kier molecular flexibility index (Phi) is 4.08. The standard InChI is InChI=1S/C14H14ClNS/c1-10-3-4-11(2)13(7-10)17-9-12-5-6-14(15)16-8-12/h3-8H,9H2,1-2H3. The van der Waals surface area contributed by atoms with Gasteiger partial charge in [-0.3, -0.25) is 0 Å². The van der Waals surface area contributed by atoms with Gasteiger partial charge in [0.15, 0.2) is 0 Å². The molecule has 0 spiro atoms. The van der Waals surface area contributed by atoms with E-state index in [1.54, 1.807) is 0 Å². The number of benzene rings is 1. The summed E-state index contributed by atoms with van der Waals surface area (Å²) in [7, 11) is 0. The van der Waals surface area contributed by atoms with Crippen molar-refractivity contribution >= 4 is 23.4 Å². The summed E-state index contributed by atoms with van der Waals surface area (Å²) in [5, 5.41) is 0.547. The zero-order valence-corrected chi connectivity index (χ0v) is 11.5. The van der Waals surface area contributed by atoms with E-state index in [2.05, 4.69) is 37.0 Å². The van der Waals surface area contributed by atoms with Crippen LogP contribution < -0.4 is 0 Å². The Hall–Kier alpha value is -0.990. The molecule has 0 unspecified atom stereocenters. The molecule has 1 nitrogen and oxygen atoms in total. The second-order valence-corrected chi connectivity index (χ2v) is 5.45. The first-order valence-corrected chi connectivity index (χ1v) is 6.82. The van der Waals surface area contributed by atoms with Crippen LogP contribution in [0.4, 0.5) is 0 Å². The topological polar surface area (TPSA) is 12.9 Å². The maximum absolute atomic E-state index is 5.76. The van der Waals surface area contributed by atoms with Gasteiger partial charge in [-0.15, -0.1) is 11.8 Å². The minimum Gasteiger partial charge on any atom is -0.244 e. The first kappa shape index (κ1) is 12.5. The monoisotopic (exact) mass is 263 g/mol. The molecule has 0 atom stereocenters. The van der Waals surface area contributed by atoms with E-state index in [-0.39, 0.29) is 0 Å². The third kappa shape index (κ3) is 3.48. The van der Waals surface area contributed by atoms with Crippen molar-refractivity contribution in [2.75, 3.05) is 0 Å². The average Bonchev–Trinajstić information content (AvgIpc) is 2.32. The SMILES string of the molecule is Cc1ccc(C)c(SCc2ccc(Cl)nc2)c1. The number of hydrogen-bond acceptors (Lipinski definition) is 2. The zero-order chi connectivity index (χ0) is 12.3. The Balaban J connectivity index is 2.07. The van der Waals surface area contributed by atoms with Crippen LogP contribution >= 0.6 is 23.4 Å². The highest BCUT2D eigenvalue weighted by Gasteiger charge is 2.01. The Morgan fingerprint density at radius 1 is 1.18 bits per heavy atom. The lowest BCUT2D eigenvalue weighted by Crippen LogP contribution is -1.85. The van der Waals surface area contributed by atoms with Crippen LogP contribution in [0.1, 0.15) is 16.7 Å². The van der Waals surface area contributed by atoms with E-state index >= 15 is 0 Å². The minimum absolute atomic E-state index is 0.547. The van der Waals surface area contributed by atoms with Gasteiger partial charge in [-0.05, 0) is 37.1 Å². The van der Waals surface area contributed by atoms with Crippen LogP contribution in [-0.4, -0.2) is 4.98 Å². The van der Waals surface area contributed by atoms with Crippen LogP contribution in [0.25, 0.3) is 0 Å². The van der Waals surface area contributed by atoms with E-state index in [0.717, 1.165) is 5.75 Å². The van der Waals surface area contributed by atoms with Crippen molar-refractivity contribution in [2.24, 2.45) is 0 Å². The van der Waals surface area contributed by atoms with Gasteiger partial charge in [0.25, 0.3) is 0 Å². The number of hydrogen-bond donors (Lipinski definition) is 0.